The molecule has 0 radical (unpaired) electrons. The maximum atomic E-state index is 13.6. The average Bonchev–Trinajstić information content (AvgIpc) is 3.56. The number of amides is 1. The van der Waals surface area contributed by atoms with E-state index >= 15 is 0 Å². The molecule has 34 heavy (non-hydrogen) atoms. The van der Waals surface area contributed by atoms with Crippen molar-refractivity contribution in [3.05, 3.63) is 71.3 Å². The second-order valence-electron chi connectivity index (χ2n) is 10.4. The summed E-state index contributed by atoms with van der Waals surface area (Å²) in [4.78, 5) is 13.6. The molecule has 2 aliphatic carbocycles. The van der Waals surface area contributed by atoms with Crippen LogP contribution in [0.15, 0.2) is 54.6 Å². The number of hydrogen-bond donors (Lipinski definition) is 1. The largest absolute Gasteiger partial charge is 0.371 e. The number of nitrogens with one attached hydrogen (secondary N) is 1. The van der Waals surface area contributed by atoms with E-state index in [1.54, 1.807) is 0 Å². The van der Waals surface area contributed by atoms with E-state index in [4.69, 9.17) is 18.9 Å². The number of benzene rings is 2. The van der Waals surface area contributed by atoms with Gasteiger partial charge in [-0.25, -0.2) is 0 Å². The first kappa shape index (κ1) is 23.5. The van der Waals surface area contributed by atoms with Crippen molar-refractivity contribution in [3.8, 4) is 0 Å². The van der Waals surface area contributed by atoms with Gasteiger partial charge in [0.2, 0.25) is 0 Å². The minimum Gasteiger partial charge on any atom is -0.371 e. The lowest BCUT2D eigenvalue weighted by atomic mass is 9.78. The smallest absolute Gasteiger partial charge is 0.252 e. The van der Waals surface area contributed by atoms with Crippen molar-refractivity contribution in [2.75, 3.05) is 0 Å². The molecule has 0 unspecified atom stereocenters. The first-order chi connectivity index (χ1) is 16.3. The number of fused-ring (bicyclic) bond motifs is 1. The van der Waals surface area contributed by atoms with Gasteiger partial charge in [-0.15, -0.1) is 0 Å². The monoisotopic (exact) mass is 465 g/mol. The normalized spacial score (nSPS) is 30.0. The van der Waals surface area contributed by atoms with Crippen LogP contribution in [0.25, 0.3) is 0 Å². The Morgan fingerprint density at radius 3 is 2.50 bits per heavy atom. The van der Waals surface area contributed by atoms with E-state index in [0.29, 0.717) is 26.1 Å². The van der Waals surface area contributed by atoms with Gasteiger partial charge >= 0.3 is 0 Å². The molecule has 1 N–H and O–H groups in total. The zero-order chi connectivity index (χ0) is 23.8. The molecule has 1 heterocycles. The molecule has 1 amide bonds. The minimum atomic E-state index is -1.04. The fraction of sp³-hybridized carbons (Fsp3) is 0.536. The van der Waals surface area contributed by atoms with E-state index < -0.39 is 11.4 Å². The highest BCUT2D eigenvalue weighted by molar-refractivity contribution is 5.86. The lowest BCUT2D eigenvalue weighted by Gasteiger charge is -2.43. The summed E-state index contributed by atoms with van der Waals surface area (Å²) in [5.74, 6) is -0.800. The molecule has 6 nitrogen and oxygen atoms in total. The predicted molar refractivity (Wildman–Crippen MR) is 128 cm³/mol. The number of carbonyl (C=O) groups is 1. The van der Waals surface area contributed by atoms with Gasteiger partial charge in [-0.05, 0) is 44.7 Å². The first-order valence-corrected chi connectivity index (χ1v) is 12.3. The topological polar surface area (TPSA) is 66.0 Å². The Morgan fingerprint density at radius 1 is 1.00 bits per heavy atom. The fourth-order valence-electron chi connectivity index (χ4n) is 5.05. The number of carbonyl (C=O) groups excluding carboxylic acids is 1. The van der Waals surface area contributed by atoms with Crippen LogP contribution in [0.1, 0.15) is 56.2 Å². The second-order valence-corrected chi connectivity index (χ2v) is 10.4. The third-order valence-corrected chi connectivity index (χ3v) is 6.88. The van der Waals surface area contributed by atoms with Crippen LogP contribution in [0, 0.1) is 6.92 Å². The first-order valence-electron chi connectivity index (χ1n) is 12.3. The molecule has 2 saturated carbocycles. The van der Waals surface area contributed by atoms with E-state index in [1.807, 2.05) is 56.3 Å². The highest BCUT2D eigenvalue weighted by atomic mass is 16.8. The van der Waals surface area contributed by atoms with Gasteiger partial charge in [-0.2, -0.15) is 0 Å². The summed E-state index contributed by atoms with van der Waals surface area (Å²) in [6.07, 6.45) is 2.04. The molecule has 0 bridgehead atoms. The van der Waals surface area contributed by atoms with Crippen molar-refractivity contribution in [3.63, 3.8) is 0 Å². The molecule has 0 aromatic heterocycles. The van der Waals surface area contributed by atoms with Gasteiger partial charge in [0, 0.05) is 18.9 Å². The van der Waals surface area contributed by atoms with Crippen LogP contribution in [0.5, 0.6) is 0 Å². The molecule has 4 atom stereocenters. The predicted octanol–water partition coefficient (Wildman–Crippen LogP) is 4.43. The average molecular weight is 466 g/mol. The van der Waals surface area contributed by atoms with Crippen LogP contribution in [0.3, 0.4) is 0 Å². The molecular weight excluding hydrogens is 430 g/mol. The second kappa shape index (κ2) is 9.42. The highest BCUT2D eigenvalue weighted by Gasteiger charge is 2.58. The molecule has 2 aromatic carbocycles. The van der Waals surface area contributed by atoms with Gasteiger partial charge in [0.15, 0.2) is 11.4 Å². The Kier molecular flexibility index (Phi) is 6.51. The number of aryl methyl sites for hydroxylation is 1. The van der Waals surface area contributed by atoms with Gasteiger partial charge in [0.1, 0.15) is 6.10 Å². The summed E-state index contributed by atoms with van der Waals surface area (Å²) >= 11 is 0. The van der Waals surface area contributed by atoms with Crippen LogP contribution >= 0.6 is 0 Å². The van der Waals surface area contributed by atoms with Crippen molar-refractivity contribution in [1.82, 2.24) is 5.32 Å². The Labute approximate surface area is 201 Å². The van der Waals surface area contributed by atoms with Crippen molar-refractivity contribution in [1.29, 1.82) is 0 Å². The maximum absolute atomic E-state index is 13.6. The van der Waals surface area contributed by atoms with Crippen LogP contribution in [-0.4, -0.2) is 41.6 Å². The molecule has 182 valence electrons. The summed E-state index contributed by atoms with van der Waals surface area (Å²) in [7, 11) is 0. The van der Waals surface area contributed by atoms with E-state index in [1.165, 1.54) is 5.56 Å². The molecule has 2 aromatic rings. The Balaban J connectivity index is 1.40. The molecular formula is C28H35NO5. The van der Waals surface area contributed by atoms with E-state index in [0.717, 1.165) is 24.0 Å². The van der Waals surface area contributed by atoms with Crippen molar-refractivity contribution >= 4 is 5.91 Å². The lowest BCUT2D eigenvalue weighted by Crippen LogP contribution is -2.60. The molecule has 0 spiro atoms. The number of rotatable bonds is 8. The Bertz CT molecular complexity index is 1000. The van der Waals surface area contributed by atoms with Gasteiger partial charge in [-0.1, -0.05) is 60.2 Å². The Morgan fingerprint density at radius 2 is 1.76 bits per heavy atom. The zero-order valence-corrected chi connectivity index (χ0v) is 20.3. The standard InChI is InChI=1S/C28H35NO5/c1-19-8-7-11-21(14-19)18-32-28(26(30)29-22-12-13-22)15-23(31-17-20-9-5-4-6-10-20)25-24(16-28)33-27(2,3)34-25/h4-11,14,22-25H,12-13,15-18H2,1-3H3,(H,29,30)/t23-,24-,25+,28-/m1/s1. The molecule has 1 aliphatic heterocycles. The fourth-order valence-corrected chi connectivity index (χ4v) is 5.05. The van der Waals surface area contributed by atoms with Crippen LogP contribution in [0.2, 0.25) is 0 Å². The zero-order valence-electron chi connectivity index (χ0n) is 20.3. The van der Waals surface area contributed by atoms with Gasteiger partial charge < -0.3 is 24.3 Å². The summed E-state index contributed by atoms with van der Waals surface area (Å²) < 4.78 is 25.5. The lowest BCUT2D eigenvalue weighted by molar-refractivity contribution is -0.183. The van der Waals surface area contributed by atoms with E-state index in [-0.39, 0.29) is 30.3 Å². The third-order valence-electron chi connectivity index (χ3n) is 6.88. The Hall–Kier alpha value is -2.25. The molecule has 5 rings (SSSR count). The third kappa shape index (κ3) is 5.36. The number of ether oxygens (including phenoxy) is 4. The van der Waals surface area contributed by atoms with E-state index in [2.05, 4.69) is 24.4 Å². The number of hydrogen-bond acceptors (Lipinski definition) is 5. The van der Waals surface area contributed by atoms with Crippen molar-refractivity contribution < 1.29 is 23.7 Å². The summed E-state index contributed by atoms with van der Waals surface area (Å²) in [5, 5.41) is 3.19. The van der Waals surface area contributed by atoms with Gasteiger partial charge in [-0.3, -0.25) is 4.79 Å². The van der Waals surface area contributed by atoms with Crippen LogP contribution in [-0.2, 0) is 37.0 Å². The van der Waals surface area contributed by atoms with E-state index in [9.17, 15) is 4.79 Å². The van der Waals surface area contributed by atoms with Gasteiger partial charge in [0.25, 0.3) is 5.91 Å². The van der Waals surface area contributed by atoms with Crippen LogP contribution < -0.4 is 5.32 Å². The molecule has 3 aliphatic rings. The highest BCUT2D eigenvalue weighted by Crippen LogP contribution is 2.44. The van der Waals surface area contributed by atoms with Gasteiger partial charge in [0.05, 0.1) is 25.4 Å². The summed E-state index contributed by atoms with van der Waals surface area (Å²) in [6, 6.07) is 18.5. The summed E-state index contributed by atoms with van der Waals surface area (Å²) in [6.45, 7) is 6.69. The SMILES string of the molecule is Cc1cccc(CO[C@]2(C(=O)NC3CC3)C[C@@H](OCc3ccccc3)[C@@H]3OC(C)(C)O[C@@H]3C2)c1. The van der Waals surface area contributed by atoms with Crippen molar-refractivity contribution in [2.45, 2.75) is 95.4 Å². The van der Waals surface area contributed by atoms with Crippen molar-refractivity contribution in [2.24, 2.45) is 0 Å². The maximum Gasteiger partial charge on any atom is 0.252 e. The summed E-state index contributed by atoms with van der Waals surface area (Å²) in [5.41, 5.74) is 2.25. The molecule has 1 saturated heterocycles. The molecule has 6 heteroatoms. The quantitative estimate of drug-likeness (QED) is 0.625. The molecule has 3 fully saturated rings. The van der Waals surface area contributed by atoms with Crippen LogP contribution in [0.4, 0.5) is 0 Å². The minimum absolute atomic E-state index is 0.0669.